The van der Waals surface area contributed by atoms with Gasteiger partial charge in [0, 0.05) is 24.9 Å². The van der Waals surface area contributed by atoms with Crippen molar-refractivity contribution in [2.75, 3.05) is 25.1 Å². The highest BCUT2D eigenvalue weighted by atomic mass is 16.5. The maximum absolute atomic E-state index is 12.2. The van der Waals surface area contributed by atoms with Gasteiger partial charge in [-0.2, -0.15) is 0 Å². The second kappa shape index (κ2) is 9.45. The molecule has 3 rings (SSSR count). The Hall–Kier alpha value is -2.75. The number of carbonyl (C=O) groups is 1. The Morgan fingerprint density at radius 3 is 2.36 bits per heavy atom. The quantitative estimate of drug-likeness (QED) is 0.733. The predicted octanol–water partition coefficient (Wildman–Crippen LogP) is 4.82. The Labute approximate surface area is 168 Å². The Balaban J connectivity index is 1.53. The molecule has 2 aromatic rings. The number of amides is 1. The van der Waals surface area contributed by atoms with Crippen molar-refractivity contribution >= 4 is 17.7 Å². The smallest absolute Gasteiger partial charge is 0.244 e. The highest BCUT2D eigenvalue weighted by Gasteiger charge is 2.16. The zero-order valence-corrected chi connectivity index (χ0v) is 17.0. The molecule has 1 aliphatic heterocycles. The van der Waals surface area contributed by atoms with Crippen molar-refractivity contribution in [3.63, 3.8) is 0 Å². The molecule has 4 nitrogen and oxygen atoms in total. The van der Waals surface area contributed by atoms with Crippen molar-refractivity contribution < 1.29 is 9.53 Å². The Bertz CT molecular complexity index is 788. The van der Waals surface area contributed by atoms with Gasteiger partial charge < -0.3 is 15.0 Å². The highest BCUT2D eigenvalue weighted by molar-refractivity contribution is 5.92. The number of rotatable bonds is 6. The van der Waals surface area contributed by atoms with Gasteiger partial charge in [-0.05, 0) is 67.2 Å². The largest absolute Gasteiger partial charge is 0.497 e. The molecule has 0 radical (unpaired) electrons. The molecule has 1 saturated heterocycles. The summed E-state index contributed by atoms with van der Waals surface area (Å²) in [6.45, 7) is 6.59. The summed E-state index contributed by atoms with van der Waals surface area (Å²) in [6, 6.07) is 16.1. The molecule has 1 atom stereocenters. The Kier molecular flexibility index (Phi) is 6.75. The van der Waals surface area contributed by atoms with Crippen LogP contribution < -0.4 is 15.0 Å². The fourth-order valence-corrected chi connectivity index (χ4v) is 3.47. The number of piperidine rings is 1. The van der Waals surface area contributed by atoms with Crippen molar-refractivity contribution in [3.05, 3.63) is 65.7 Å². The van der Waals surface area contributed by atoms with E-state index in [2.05, 4.69) is 41.4 Å². The van der Waals surface area contributed by atoms with Crippen LogP contribution in [-0.2, 0) is 4.79 Å². The number of nitrogens with one attached hydrogen (secondary N) is 1. The molecule has 1 amide bonds. The molecule has 4 heteroatoms. The van der Waals surface area contributed by atoms with Crippen LogP contribution in [0.5, 0.6) is 5.75 Å². The number of carbonyl (C=O) groups excluding carboxylic acids is 1. The number of anilines is 1. The van der Waals surface area contributed by atoms with Gasteiger partial charge in [-0.3, -0.25) is 4.79 Å². The second-order valence-corrected chi connectivity index (χ2v) is 7.60. The zero-order chi connectivity index (χ0) is 19.9. The minimum atomic E-state index is -0.0996. The van der Waals surface area contributed by atoms with E-state index in [4.69, 9.17) is 4.74 Å². The molecule has 1 heterocycles. The van der Waals surface area contributed by atoms with Crippen LogP contribution in [0.1, 0.15) is 43.9 Å². The van der Waals surface area contributed by atoms with Gasteiger partial charge in [0.1, 0.15) is 5.75 Å². The van der Waals surface area contributed by atoms with Crippen LogP contribution in [0, 0.1) is 5.92 Å². The Morgan fingerprint density at radius 2 is 1.75 bits per heavy atom. The maximum atomic E-state index is 12.2. The van der Waals surface area contributed by atoms with Crippen LogP contribution >= 0.6 is 0 Å². The fourth-order valence-electron chi connectivity index (χ4n) is 3.47. The molecule has 1 unspecified atom stereocenters. The Morgan fingerprint density at radius 1 is 1.11 bits per heavy atom. The molecule has 1 aliphatic rings. The molecule has 0 aliphatic carbocycles. The van der Waals surface area contributed by atoms with Gasteiger partial charge in [0.05, 0.1) is 13.2 Å². The normalized spacial score (nSPS) is 16.2. The molecule has 0 aromatic heterocycles. The maximum Gasteiger partial charge on any atom is 0.244 e. The van der Waals surface area contributed by atoms with Crippen molar-refractivity contribution in [2.24, 2.45) is 5.92 Å². The molecule has 2 aromatic carbocycles. The first kappa shape index (κ1) is 20.0. The summed E-state index contributed by atoms with van der Waals surface area (Å²) in [4.78, 5) is 14.7. The average Bonchev–Trinajstić information content (AvgIpc) is 2.73. The van der Waals surface area contributed by atoms with Crippen LogP contribution in [0.3, 0.4) is 0 Å². The third-order valence-electron chi connectivity index (χ3n) is 5.44. The lowest BCUT2D eigenvalue weighted by atomic mass is 9.98. The SMILES string of the molecule is COc1ccc(/C=C/C(=O)NC(C)c2ccc(N3CCC(C)CC3)cc2)cc1. The van der Waals surface area contributed by atoms with Crippen LogP contribution in [0.2, 0.25) is 0 Å². The van der Waals surface area contributed by atoms with Gasteiger partial charge in [-0.15, -0.1) is 0 Å². The van der Waals surface area contributed by atoms with E-state index in [0.717, 1.165) is 35.9 Å². The lowest BCUT2D eigenvalue weighted by Gasteiger charge is -2.32. The fraction of sp³-hybridized carbons (Fsp3) is 0.375. The summed E-state index contributed by atoms with van der Waals surface area (Å²) < 4.78 is 5.14. The van der Waals surface area contributed by atoms with Gasteiger partial charge in [-0.1, -0.05) is 31.2 Å². The molecule has 0 saturated carbocycles. The van der Waals surface area contributed by atoms with Gasteiger partial charge >= 0.3 is 0 Å². The van der Waals surface area contributed by atoms with Crippen molar-refractivity contribution in [2.45, 2.75) is 32.7 Å². The summed E-state index contributed by atoms with van der Waals surface area (Å²) in [5.74, 6) is 1.53. The summed E-state index contributed by atoms with van der Waals surface area (Å²) in [5.41, 5.74) is 3.35. The topological polar surface area (TPSA) is 41.6 Å². The van der Waals surface area contributed by atoms with Crippen LogP contribution in [0.15, 0.2) is 54.6 Å². The lowest BCUT2D eigenvalue weighted by Crippen LogP contribution is -2.32. The van der Waals surface area contributed by atoms with Crippen molar-refractivity contribution in [1.29, 1.82) is 0 Å². The van der Waals surface area contributed by atoms with Gasteiger partial charge in [-0.25, -0.2) is 0 Å². The first-order valence-corrected chi connectivity index (χ1v) is 10.0. The van der Waals surface area contributed by atoms with Gasteiger partial charge in [0.25, 0.3) is 0 Å². The number of benzene rings is 2. The van der Waals surface area contributed by atoms with E-state index in [9.17, 15) is 4.79 Å². The van der Waals surface area contributed by atoms with Crippen molar-refractivity contribution in [3.8, 4) is 5.75 Å². The number of hydrogen-bond donors (Lipinski definition) is 1. The first-order chi connectivity index (χ1) is 13.5. The van der Waals surface area contributed by atoms with E-state index in [0.29, 0.717) is 0 Å². The summed E-state index contributed by atoms with van der Waals surface area (Å²) in [6.07, 6.45) is 5.90. The number of ether oxygens (including phenoxy) is 1. The molecule has 1 N–H and O–H groups in total. The molecule has 148 valence electrons. The third kappa shape index (κ3) is 5.38. The number of nitrogens with zero attached hydrogens (tertiary/aromatic N) is 1. The predicted molar refractivity (Wildman–Crippen MR) is 116 cm³/mol. The standard InChI is InChI=1S/C24H30N2O2/c1-18-14-16-26(17-15-18)22-9-7-21(8-10-22)19(2)25-24(27)13-6-20-4-11-23(28-3)12-5-20/h4-13,18-19H,14-17H2,1-3H3,(H,25,27)/b13-6+. The minimum Gasteiger partial charge on any atom is -0.497 e. The van der Waals surface area contributed by atoms with E-state index in [1.54, 1.807) is 13.2 Å². The number of hydrogen-bond acceptors (Lipinski definition) is 3. The summed E-state index contributed by atoms with van der Waals surface area (Å²) in [5, 5.41) is 3.03. The van der Waals surface area contributed by atoms with E-state index < -0.39 is 0 Å². The minimum absolute atomic E-state index is 0.0385. The molecule has 0 bridgehead atoms. The van der Waals surface area contributed by atoms with E-state index >= 15 is 0 Å². The molecular weight excluding hydrogens is 348 g/mol. The average molecular weight is 379 g/mol. The van der Waals surface area contributed by atoms with Crippen LogP contribution in [0.4, 0.5) is 5.69 Å². The molecule has 28 heavy (non-hydrogen) atoms. The molecule has 1 fully saturated rings. The zero-order valence-electron chi connectivity index (χ0n) is 17.0. The van der Waals surface area contributed by atoms with Gasteiger partial charge in [0.2, 0.25) is 5.91 Å². The second-order valence-electron chi connectivity index (χ2n) is 7.60. The van der Waals surface area contributed by atoms with E-state index in [1.165, 1.54) is 18.5 Å². The van der Waals surface area contributed by atoms with Crippen LogP contribution in [-0.4, -0.2) is 26.1 Å². The first-order valence-electron chi connectivity index (χ1n) is 10.0. The van der Waals surface area contributed by atoms with E-state index in [-0.39, 0.29) is 11.9 Å². The van der Waals surface area contributed by atoms with E-state index in [1.807, 2.05) is 37.3 Å². The van der Waals surface area contributed by atoms with Crippen LogP contribution in [0.25, 0.3) is 6.08 Å². The van der Waals surface area contributed by atoms with Gasteiger partial charge in [0.15, 0.2) is 0 Å². The monoisotopic (exact) mass is 378 g/mol. The summed E-state index contributed by atoms with van der Waals surface area (Å²) >= 11 is 0. The lowest BCUT2D eigenvalue weighted by molar-refractivity contribution is -0.117. The van der Waals surface area contributed by atoms with Crippen molar-refractivity contribution in [1.82, 2.24) is 5.32 Å². The third-order valence-corrected chi connectivity index (χ3v) is 5.44. The molecular formula is C24H30N2O2. The summed E-state index contributed by atoms with van der Waals surface area (Å²) in [7, 11) is 1.64. The highest BCUT2D eigenvalue weighted by Crippen LogP contribution is 2.24. The molecule has 0 spiro atoms. The number of methoxy groups -OCH3 is 1.